The fourth-order valence-electron chi connectivity index (χ4n) is 7.49. The van der Waals surface area contributed by atoms with E-state index in [-0.39, 0.29) is 20.1 Å². The quantitative estimate of drug-likeness (QED) is 0.156. The van der Waals surface area contributed by atoms with Crippen molar-refractivity contribution in [2.45, 2.75) is 39.5 Å². The van der Waals surface area contributed by atoms with Crippen LogP contribution >= 0.6 is 11.3 Å². The van der Waals surface area contributed by atoms with Crippen molar-refractivity contribution in [3.63, 3.8) is 0 Å². The van der Waals surface area contributed by atoms with Gasteiger partial charge in [0.15, 0.2) is 0 Å². The normalized spacial score (nSPS) is 11.4. The van der Waals surface area contributed by atoms with Gasteiger partial charge in [-0.2, -0.15) is 0 Å². The molecule has 6 aromatic carbocycles. The van der Waals surface area contributed by atoms with E-state index in [0.717, 1.165) is 50.2 Å². The molecule has 0 amide bonds. The zero-order valence-electron chi connectivity index (χ0n) is 31.6. The van der Waals surface area contributed by atoms with Crippen LogP contribution in [0.5, 0.6) is 0 Å². The van der Waals surface area contributed by atoms with Crippen molar-refractivity contribution < 1.29 is 24.5 Å². The summed E-state index contributed by atoms with van der Waals surface area (Å²) in [6.45, 7) is 9.06. The van der Waals surface area contributed by atoms with Gasteiger partial charge >= 0.3 is 0 Å². The molecule has 1 radical (unpaired) electrons. The Labute approximate surface area is 344 Å². The van der Waals surface area contributed by atoms with Gasteiger partial charge in [-0.3, -0.25) is 4.98 Å². The molecule has 56 heavy (non-hydrogen) atoms. The van der Waals surface area contributed by atoms with Crippen LogP contribution in [0.3, 0.4) is 0 Å². The Morgan fingerprint density at radius 3 is 2.09 bits per heavy atom. The molecule has 4 nitrogen and oxygen atoms in total. The summed E-state index contributed by atoms with van der Waals surface area (Å²) in [4.78, 5) is 9.44. The predicted molar refractivity (Wildman–Crippen MR) is 230 cm³/mol. The van der Waals surface area contributed by atoms with Crippen molar-refractivity contribution in [2.24, 2.45) is 0 Å². The molecule has 6 heteroatoms. The predicted octanol–water partition coefficient (Wildman–Crippen LogP) is 14.1. The van der Waals surface area contributed by atoms with Crippen LogP contribution in [0, 0.1) is 12.3 Å². The molecule has 277 valence electrons. The number of benzene rings is 6. The molecule has 10 aromatic rings. The zero-order valence-corrected chi connectivity index (χ0v) is 34.8. The van der Waals surface area contributed by atoms with Gasteiger partial charge in [-0.25, -0.2) is 0 Å². The average molecular weight is 922 g/mol. The molecular weight excluding hydrogens is 883 g/mol. The Morgan fingerprint density at radius 1 is 0.643 bits per heavy atom. The second-order valence-corrected chi connectivity index (χ2v) is 15.5. The van der Waals surface area contributed by atoms with E-state index in [2.05, 4.69) is 153 Å². The summed E-state index contributed by atoms with van der Waals surface area (Å²) in [5.74, 6) is 1.55. The molecule has 4 heterocycles. The number of nitrogens with zero attached hydrogens (tertiary/aromatic N) is 3. The number of aromatic nitrogens is 3. The van der Waals surface area contributed by atoms with E-state index in [1.54, 1.807) is 6.20 Å². The van der Waals surface area contributed by atoms with Gasteiger partial charge < -0.3 is 14.0 Å². The average Bonchev–Trinajstić information content (AvgIpc) is 3.94. The first kappa shape index (κ1) is 37.3. The van der Waals surface area contributed by atoms with E-state index in [1.807, 2.05) is 53.8 Å². The Hall–Kier alpha value is -5.65. The Kier molecular flexibility index (Phi) is 10.5. The van der Waals surface area contributed by atoms with Crippen LogP contribution in [0.1, 0.15) is 50.7 Å². The Morgan fingerprint density at radius 2 is 1.34 bits per heavy atom. The number of imidazole rings is 1. The maximum absolute atomic E-state index is 6.08. The monoisotopic (exact) mass is 922 g/mol. The number of hydrogen-bond acceptors (Lipinski definition) is 4. The van der Waals surface area contributed by atoms with Crippen LogP contribution in [0.4, 0.5) is 0 Å². The molecule has 10 rings (SSSR count). The summed E-state index contributed by atoms with van der Waals surface area (Å²) >= 11 is 1.85. The topological polar surface area (TPSA) is 43.9 Å². The molecule has 0 fully saturated rings. The first-order valence-electron chi connectivity index (χ1n) is 18.8. The minimum absolute atomic E-state index is 0. The zero-order chi connectivity index (χ0) is 37.5. The molecule has 4 aromatic heterocycles. The standard InChI is InChI=1S/C39H31N2OS.C11H8N.Ir/c1-23(2)27-11-9-12-28(24(3)4)38(27)41-34-14-7-6-13-33(34)40-39(41)32-22-42-35-18-16-25(20-30(32)35)26-17-19-37-31(21-26)29-10-5-8-15-36(29)43-37;1-2-6-10(7-3-1)11-8-4-5-9-12-11;/h5-21,23-24H,1-4H3;1-6,8-9H;/q2*-1;. The van der Waals surface area contributed by atoms with Crippen LogP contribution in [0.15, 0.2) is 156 Å². The van der Waals surface area contributed by atoms with Gasteiger partial charge in [0.2, 0.25) is 0 Å². The van der Waals surface area contributed by atoms with Crippen molar-refractivity contribution in [1.29, 1.82) is 0 Å². The Bertz CT molecular complexity index is 2880. The number of hydrogen-bond donors (Lipinski definition) is 0. The molecule has 0 unspecified atom stereocenters. The van der Waals surface area contributed by atoms with Gasteiger partial charge in [0, 0.05) is 64.0 Å². The number of thiophene rings is 1. The number of furan rings is 1. The first-order chi connectivity index (χ1) is 26.9. The van der Waals surface area contributed by atoms with E-state index >= 15 is 0 Å². The first-order valence-corrected chi connectivity index (χ1v) is 19.6. The summed E-state index contributed by atoms with van der Waals surface area (Å²) in [6, 6.07) is 53.8. The van der Waals surface area contributed by atoms with Gasteiger partial charge in [0.25, 0.3) is 0 Å². The summed E-state index contributed by atoms with van der Waals surface area (Å²) in [5, 5.41) is 3.61. The minimum atomic E-state index is 0. The molecule has 0 bridgehead atoms. The number of pyridine rings is 1. The van der Waals surface area contributed by atoms with Gasteiger partial charge in [-0.1, -0.05) is 124 Å². The van der Waals surface area contributed by atoms with E-state index in [1.165, 1.54) is 42.6 Å². The minimum Gasteiger partial charge on any atom is -0.557 e. The van der Waals surface area contributed by atoms with Crippen molar-refractivity contribution in [3.05, 3.63) is 175 Å². The summed E-state index contributed by atoms with van der Waals surface area (Å²) < 4.78 is 11.0. The molecule has 0 N–H and O–H groups in total. The second kappa shape index (κ2) is 15.8. The van der Waals surface area contributed by atoms with Gasteiger partial charge in [0.05, 0.1) is 16.9 Å². The van der Waals surface area contributed by atoms with Gasteiger partial charge in [0.1, 0.15) is 0 Å². The Balaban J connectivity index is 0.000000290. The smallest absolute Gasteiger partial charge is 0.0774 e. The number of rotatable bonds is 6. The number of para-hydroxylation sites is 3. The van der Waals surface area contributed by atoms with Crippen molar-refractivity contribution >= 4 is 53.5 Å². The van der Waals surface area contributed by atoms with E-state index in [9.17, 15) is 0 Å². The van der Waals surface area contributed by atoms with Crippen LogP contribution < -0.4 is 0 Å². The maximum atomic E-state index is 6.08. The second-order valence-electron chi connectivity index (χ2n) is 14.4. The largest absolute Gasteiger partial charge is 0.557 e. The van der Waals surface area contributed by atoms with Crippen LogP contribution in [0.25, 0.3) is 81.6 Å². The van der Waals surface area contributed by atoms with Crippen LogP contribution in [-0.2, 0) is 20.1 Å². The molecule has 0 saturated heterocycles. The third-order valence-electron chi connectivity index (χ3n) is 10.2. The number of fused-ring (bicyclic) bond motifs is 5. The molecule has 0 aliphatic rings. The SMILES string of the molecule is CC(C)c1cccc(C(C)C)c1-n1c(-c2[c-]oc3ccc(-c4ccc5sc6ccccc6c5c4)cc23)nc2ccccc21.[Ir].[c-]1ccccc1-c1ccccn1. The third kappa shape index (κ3) is 6.90. The van der Waals surface area contributed by atoms with E-state index in [0.29, 0.717) is 11.8 Å². The molecular formula is C50H39IrN3OS-2. The van der Waals surface area contributed by atoms with Crippen molar-refractivity contribution in [3.8, 4) is 39.5 Å². The van der Waals surface area contributed by atoms with Gasteiger partial charge in [-0.05, 0) is 76.2 Å². The fourth-order valence-corrected chi connectivity index (χ4v) is 8.58. The summed E-state index contributed by atoms with van der Waals surface area (Å²) in [7, 11) is 0. The molecule has 0 aliphatic heterocycles. The van der Waals surface area contributed by atoms with Crippen LogP contribution in [0.2, 0.25) is 0 Å². The fraction of sp³-hybridized carbons (Fsp3) is 0.120. The molecule has 0 atom stereocenters. The molecule has 0 spiro atoms. The van der Waals surface area contributed by atoms with E-state index in [4.69, 9.17) is 9.40 Å². The molecule has 0 aliphatic carbocycles. The summed E-state index contributed by atoms with van der Waals surface area (Å²) in [5.41, 5.74) is 11.9. The van der Waals surface area contributed by atoms with Crippen molar-refractivity contribution in [1.82, 2.24) is 14.5 Å². The summed E-state index contributed by atoms with van der Waals surface area (Å²) in [6.07, 6.45) is 5.06. The third-order valence-corrected chi connectivity index (χ3v) is 11.4. The van der Waals surface area contributed by atoms with E-state index < -0.39 is 0 Å². The maximum Gasteiger partial charge on any atom is 0.0774 e. The van der Waals surface area contributed by atoms with Crippen molar-refractivity contribution in [2.75, 3.05) is 0 Å². The molecule has 0 saturated carbocycles. The van der Waals surface area contributed by atoms with Gasteiger partial charge in [-0.15, -0.1) is 47.2 Å². The van der Waals surface area contributed by atoms with Crippen LogP contribution in [-0.4, -0.2) is 14.5 Å².